The molecule has 1 aliphatic heterocycles. The second kappa shape index (κ2) is 8.19. The number of hydrogen-bond donors (Lipinski definition) is 0. The Morgan fingerprint density at radius 1 is 0.500 bits per heavy atom. The van der Waals surface area contributed by atoms with Crippen LogP contribution in [0.1, 0.15) is 0 Å². The van der Waals surface area contributed by atoms with Crippen LogP contribution in [-0.4, -0.2) is 9.55 Å². The third-order valence-corrected chi connectivity index (χ3v) is 7.43. The molecule has 0 fully saturated rings. The van der Waals surface area contributed by atoms with Crippen LogP contribution in [0.15, 0.2) is 133 Å². The third kappa shape index (κ3) is 3.12. The molecule has 38 heavy (non-hydrogen) atoms. The van der Waals surface area contributed by atoms with E-state index in [1.165, 1.54) is 27.5 Å². The van der Waals surface area contributed by atoms with E-state index in [-0.39, 0.29) is 0 Å². The standard InChI is InChI=1S/C35H22N2O/c1-2-9-24(10-3-1)35-36-30-14-5-6-15-31(30)37(35)25-19-17-23(18-20-25)26-21-22-33-34-28(26)12-8-13-29(34)27-11-4-7-16-32(27)38-33/h1-22H. The molecule has 1 aromatic heterocycles. The first-order valence-electron chi connectivity index (χ1n) is 12.8. The molecule has 0 aliphatic carbocycles. The molecule has 8 rings (SSSR count). The van der Waals surface area contributed by atoms with E-state index >= 15 is 0 Å². The Hall–Kier alpha value is -5.15. The predicted octanol–water partition coefficient (Wildman–Crippen LogP) is 9.29. The van der Waals surface area contributed by atoms with Gasteiger partial charge in [0.05, 0.1) is 11.0 Å². The van der Waals surface area contributed by atoms with E-state index in [0.29, 0.717) is 0 Å². The van der Waals surface area contributed by atoms with E-state index in [1.807, 2.05) is 24.3 Å². The Kier molecular flexibility index (Phi) is 4.52. The molecule has 0 saturated carbocycles. The zero-order valence-corrected chi connectivity index (χ0v) is 20.5. The molecular formula is C35H22N2O. The van der Waals surface area contributed by atoms with Gasteiger partial charge in [0.25, 0.3) is 0 Å². The first kappa shape index (κ1) is 21.0. The molecule has 0 bridgehead atoms. The van der Waals surface area contributed by atoms with Crippen LogP contribution in [0.25, 0.3) is 61.1 Å². The van der Waals surface area contributed by atoms with Gasteiger partial charge in [-0.05, 0) is 58.5 Å². The highest BCUT2D eigenvalue weighted by molar-refractivity contribution is 6.09. The van der Waals surface area contributed by atoms with Crippen LogP contribution in [0.5, 0.6) is 11.5 Å². The first-order valence-corrected chi connectivity index (χ1v) is 12.8. The van der Waals surface area contributed by atoms with Crippen LogP contribution in [0.3, 0.4) is 0 Å². The Labute approximate surface area is 220 Å². The molecule has 0 saturated heterocycles. The lowest BCUT2D eigenvalue weighted by molar-refractivity contribution is 0.487. The summed E-state index contributed by atoms with van der Waals surface area (Å²) in [6.45, 7) is 0. The first-order chi connectivity index (χ1) is 18.8. The van der Waals surface area contributed by atoms with E-state index in [4.69, 9.17) is 9.72 Å². The topological polar surface area (TPSA) is 27.1 Å². The lowest BCUT2D eigenvalue weighted by Crippen LogP contribution is -1.98. The summed E-state index contributed by atoms with van der Waals surface area (Å²) < 4.78 is 8.54. The highest BCUT2D eigenvalue weighted by Gasteiger charge is 2.21. The van der Waals surface area contributed by atoms with Gasteiger partial charge in [-0.2, -0.15) is 0 Å². The minimum absolute atomic E-state index is 0.909. The van der Waals surface area contributed by atoms with Gasteiger partial charge in [-0.25, -0.2) is 4.98 Å². The van der Waals surface area contributed by atoms with E-state index in [1.54, 1.807) is 0 Å². The number of ether oxygens (including phenoxy) is 1. The van der Waals surface area contributed by atoms with Crippen molar-refractivity contribution in [3.05, 3.63) is 133 Å². The molecule has 7 aromatic rings. The van der Waals surface area contributed by atoms with Crippen molar-refractivity contribution in [3.8, 4) is 50.8 Å². The minimum atomic E-state index is 0.909. The van der Waals surface area contributed by atoms with Crippen molar-refractivity contribution in [2.75, 3.05) is 0 Å². The number of rotatable bonds is 3. The maximum absolute atomic E-state index is 6.29. The molecule has 0 atom stereocenters. The second-order valence-corrected chi connectivity index (χ2v) is 9.61. The fraction of sp³-hybridized carbons (Fsp3) is 0. The summed E-state index contributed by atoms with van der Waals surface area (Å²) in [6.07, 6.45) is 0. The summed E-state index contributed by atoms with van der Waals surface area (Å²) >= 11 is 0. The lowest BCUT2D eigenvalue weighted by Gasteiger charge is -2.22. The van der Waals surface area contributed by atoms with Crippen molar-refractivity contribution in [2.24, 2.45) is 0 Å². The quantitative estimate of drug-likeness (QED) is 0.249. The largest absolute Gasteiger partial charge is 0.456 e. The van der Waals surface area contributed by atoms with Gasteiger partial charge in [0, 0.05) is 22.2 Å². The summed E-state index contributed by atoms with van der Waals surface area (Å²) in [5, 5.41) is 2.36. The second-order valence-electron chi connectivity index (χ2n) is 9.61. The van der Waals surface area contributed by atoms with Crippen molar-refractivity contribution < 1.29 is 4.74 Å². The number of hydrogen-bond acceptors (Lipinski definition) is 2. The van der Waals surface area contributed by atoms with Gasteiger partial charge in [-0.3, -0.25) is 4.57 Å². The Balaban J connectivity index is 1.28. The number of aromatic nitrogens is 2. The molecule has 0 amide bonds. The van der Waals surface area contributed by atoms with Crippen molar-refractivity contribution in [1.29, 1.82) is 0 Å². The summed E-state index contributed by atoms with van der Waals surface area (Å²) in [6, 6.07) is 46.5. The summed E-state index contributed by atoms with van der Waals surface area (Å²) in [5.74, 6) is 2.76. The van der Waals surface area contributed by atoms with E-state index < -0.39 is 0 Å². The molecule has 0 radical (unpaired) electrons. The van der Waals surface area contributed by atoms with Crippen LogP contribution < -0.4 is 4.74 Å². The maximum atomic E-state index is 6.29. The highest BCUT2D eigenvalue weighted by atomic mass is 16.5. The van der Waals surface area contributed by atoms with Crippen LogP contribution in [0.4, 0.5) is 0 Å². The van der Waals surface area contributed by atoms with Crippen LogP contribution in [-0.2, 0) is 0 Å². The molecule has 0 spiro atoms. The van der Waals surface area contributed by atoms with Crippen molar-refractivity contribution >= 4 is 21.8 Å². The average molecular weight is 487 g/mol. The number of imidazole rings is 1. The fourth-order valence-corrected chi connectivity index (χ4v) is 5.69. The van der Waals surface area contributed by atoms with Crippen LogP contribution >= 0.6 is 0 Å². The minimum Gasteiger partial charge on any atom is -0.456 e. The van der Waals surface area contributed by atoms with Gasteiger partial charge in [0.2, 0.25) is 0 Å². The van der Waals surface area contributed by atoms with Crippen molar-refractivity contribution in [2.45, 2.75) is 0 Å². The lowest BCUT2D eigenvalue weighted by atomic mass is 9.90. The van der Waals surface area contributed by atoms with Crippen LogP contribution in [0, 0.1) is 0 Å². The molecular weight excluding hydrogens is 464 g/mol. The molecule has 178 valence electrons. The predicted molar refractivity (Wildman–Crippen MR) is 155 cm³/mol. The van der Waals surface area contributed by atoms with Gasteiger partial charge >= 0.3 is 0 Å². The van der Waals surface area contributed by atoms with Crippen molar-refractivity contribution in [1.82, 2.24) is 9.55 Å². The van der Waals surface area contributed by atoms with Gasteiger partial charge in [0.15, 0.2) is 0 Å². The molecule has 0 unspecified atom stereocenters. The zero-order valence-electron chi connectivity index (χ0n) is 20.5. The molecule has 2 heterocycles. The number of fused-ring (bicyclic) bond motifs is 3. The van der Waals surface area contributed by atoms with Gasteiger partial charge < -0.3 is 4.74 Å². The third-order valence-electron chi connectivity index (χ3n) is 7.43. The zero-order chi connectivity index (χ0) is 25.1. The van der Waals surface area contributed by atoms with Gasteiger partial charge in [-0.15, -0.1) is 0 Å². The normalized spacial score (nSPS) is 11.9. The van der Waals surface area contributed by atoms with Gasteiger partial charge in [-0.1, -0.05) is 97.1 Å². The number of benzene rings is 6. The summed E-state index contributed by atoms with van der Waals surface area (Å²) in [5.41, 5.74) is 8.98. The number of para-hydroxylation sites is 3. The Morgan fingerprint density at radius 2 is 1.26 bits per heavy atom. The fourth-order valence-electron chi connectivity index (χ4n) is 5.69. The monoisotopic (exact) mass is 486 g/mol. The van der Waals surface area contributed by atoms with Gasteiger partial charge in [0.1, 0.15) is 17.3 Å². The van der Waals surface area contributed by atoms with Crippen molar-refractivity contribution in [3.63, 3.8) is 0 Å². The van der Waals surface area contributed by atoms with E-state index in [2.05, 4.69) is 114 Å². The van der Waals surface area contributed by atoms with Crippen LogP contribution in [0.2, 0.25) is 0 Å². The molecule has 0 N–H and O–H groups in total. The Morgan fingerprint density at radius 3 is 2.16 bits per heavy atom. The van der Waals surface area contributed by atoms with E-state index in [0.717, 1.165) is 45.2 Å². The number of nitrogens with zero attached hydrogens (tertiary/aromatic N) is 2. The highest BCUT2D eigenvalue weighted by Crippen LogP contribution is 2.48. The summed E-state index contributed by atoms with van der Waals surface area (Å²) in [7, 11) is 0. The maximum Gasteiger partial charge on any atom is 0.145 e. The molecule has 1 aliphatic rings. The molecule has 3 nitrogen and oxygen atoms in total. The Bertz CT molecular complexity index is 1990. The smallest absolute Gasteiger partial charge is 0.145 e. The molecule has 6 aromatic carbocycles. The summed E-state index contributed by atoms with van der Waals surface area (Å²) in [4.78, 5) is 4.98. The SMILES string of the molecule is c1ccc(-c2nc3ccccc3n2-c2ccc(-c3ccc4c5c(cccc35)-c3ccccc3O4)cc2)cc1. The molecule has 3 heteroatoms. The average Bonchev–Trinajstić information content (AvgIpc) is 3.38. The van der Waals surface area contributed by atoms with E-state index in [9.17, 15) is 0 Å².